The summed E-state index contributed by atoms with van der Waals surface area (Å²) in [6.45, 7) is 2.99. The van der Waals surface area contributed by atoms with Crippen LogP contribution >= 0.6 is 15.9 Å². The average Bonchev–Trinajstić information content (AvgIpc) is 2.95. The van der Waals surface area contributed by atoms with Crippen LogP contribution in [-0.2, 0) is 20.7 Å². The van der Waals surface area contributed by atoms with Crippen LogP contribution in [0.25, 0.3) is 10.9 Å². The molecule has 0 saturated heterocycles. The van der Waals surface area contributed by atoms with Gasteiger partial charge in [0.05, 0.1) is 0 Å². The zero-order valence-electron chi connectivity index (χ0n) is 13.5. The number of halogens is 1. The Hall–Kier alpha value is -1.86. The van der Waals surface area contributed by atoms with Crippen molar-refractivity contribution < 1.29 is 19.4 Å². The van der Waals surface area contributed by atoms with Crippen LogP contribution in [0.5, 0.6) is 0 Å². The summed E-state index contributed by atoms with van der Waals surface area (Å²) in [6.07, 6.45) is 2.83. The highest BCUT2D eigenvalue weighted by molar-refractivity contribution is 9.10. The van der Waals surface area contributed by atoms with E-state index in [0.717, 1.165) is 20.9 Å². The number of aromatic amines is 1. The topological polar surface area (TPSA) is 91.4 Å². The minimum absolute atomic E-state index is 0.217. The monoisotopic (exact) mass is 396 g/mol. The molecule has 0 aliphatic carbocycles. The number of benzene rings is 1. The standard InChI is InChI=1S/C17H21BrN2O4/c1-2-24-8-4-7-15(21)20-14(17(22)23)9-11-10-19-13-6-3-5-12(18)16(11)13/h3,5-6,10,14,19H,2,4,7-9H2,1H3,(H,20,21)(H,22,23). The number of carbonyl (C=O) groups is 2. The molecule has 1 unspecified atom stereocenters. The van der Waals surface area contributed by atoms with Crippen LogP contribution in [0, 0.1) is 0 Å². The van der Waals surface area contributed by atoms with Gasteiger partial charge in [-0.25, -0.2) is 4.79 Å². The third-order valence-electron chi connectivity index (χ3n) is 3.69. The van der Waals surface area contributed by atoms with Gasteiger partial charge in [0.25, 0.3) is 0 Å². The van der Waals surface area contributed by atoms with Gasteiger partial charge in [0.1, 0.15) is 6.04 Å². The van der Waals surface area contributed by atoms with Gasteiger partial charge in [-0.1, -0.05) is 22.0 Å². The normalized spacial score (nSPS) is 12.2. The molecule has 1 aromatic carbocycles. The smallest absolute Gasteiger partial charge is 0.326 e. The number of hydrogen-bond donors (Lipinski definition) is 3. The van der Waals surface area contributed by atoms with E-state index in [-0.39, 0.29) is 18.7 Å². The Labute approximate surface area is 148 Å². The summed E-state index contributed by atoms with van der Waals surface area (Å²) in [5.74, 6) is -1.32. The lowest BCUT2D eigenvalue weighted by atomic mass is 10.0. The van der Waals surface area contributed by atoms with E-state index >= 15 is 0 Å². The summed E-state index contributed by atoms with van der Waals surface area (Å²) in [4.78, 5) is 26.6. The number of amides is 1. The molecule has 1 atom stereocenters. The van der Waals surface area contributed by atoms with Gasteiger partial charge in [-0.2, -0.15) is 0 Å². The fourth-order valence-electron chi connectivity index (χ4n) is 2.53. The molecule has 0 bridgehead atoms. The molecule has 0 aliphatic heterocycles. The molecule has 1 heterocycles. The molecular formula is C17H21BrN2O4. The maximum absolute atomic E-state index is 11.9. The predicted molar refractivity (Wildman–Crippen MR) is 95.0 cm³/mol. The first-order valence-corrected chi connectivity index (χ1v) is 8.66. The van der Waals surface area contributed by atoms with Crippen LogP contribution in [0.2, 0.25) is 0 Å². The third kappa shape index (κ3) is 4.82. The van der Waals surface area contributed by atoms with Crippen LogP contribution in [-0.4, -0.2) is 41.2 Å². The molecule has 130 valence electrons. The van der Waals surface area contributed by atoms with Crippen LogP contribution in [0.3, 0.4) is 0 Å². The highest BCUT2D eigenvalue weighted by Gasteiger charge is 2.22. The van der Waals surface area contributed by atoms with E-state index in [1.807, 2.05) is 25.1 Å². The van der Waals surface area contributed by atoms with Crippen molar-refractivity contribution >= 4 is 38.7 Å². The van der Waals surface area contributed by atoms with E-state index in [9.17, 15) is 14.7 Å². The third-order valence-corrected chi connectivity index (χ3v) is 4.35. The van der Waals surface area contributed by atoms with Crippen LogP contribution in [0.15, 0.2) is 28.9 Å². The fraction of sp³-hybridized carbons (Fsp3) is 0.412. The molecule has 3 N–H and O–H groups in total. The molecule has 6 nitrogen and oxygen atoms in total. The second kappa shape index (κ2) is 8.84. The Morgan fingerprint density at radius 2 is 2.21 bits per heavy atom. The summed E-state index contributed by atoms with van der Waals surface area (Å²) >= 11 is 3.48. The van der Waals surface area contributed by atoms with Crippen molar-refractivity contribution in [1.29, 1.82) is 0 Å². The molecular weight excluding hydrogens is 376 g/mol. The van der Waals surface area contributed by atoms with Crippen molar-refractivity contribution in [1.82, 2.24) is 10.3 Å². The Morgan fingerprint density at radius 1 is 1.42 bits per heavy atom. The number of carbonyl (C=O) groups excluding carboxylic acids is 1. The Balaban J connectivity index is 2.03. The quantitative estimate of drug-likeness (QED) is 0.568. The van der Waals surface area contributed by atoms with Gasteiger partial charge in [0.15, 0.2) is 0 Å². The van der Waals surface area contributed by atoms with Crippen LogP contribution < -0.4 is 5.32 Å². The Morgan fingerprint density at radius 3 is 2.92 bits per heavy atom. The zero-order valence-corrected chi connectivity index (χ0v) is 15.1. The number of rotatable bonds is 9. The molecule has 0 fully saturated rings. The lowest BCUT2D eigenvalue weighted by Gasteiger charge is -2.14. The predicted octanol–water partition coefficient (Wildman–Crippen LogP) is 2.86. The SMILES string of the molecule is CCOCCCC(=O)NC(Cc1c[nH]c2cccc(Br)c12)C(=O)O. The van der Waals surface area contributed by atoms with Crippen molar-refractivity contribution in [3.63, 3.8) is 0 Å². The average molecular weight is 397 g/mol. The zero-order chi connectivity index (χ0) is 17.5. The second-order valence-electron chi connectivity index (χ2n) is 5.44. The van der Waals surface area contributed by atoms with Gasteiger partial charge in [0, 0.05) is 47.6 Å². The van der Waals surface area contributed by atoms with E-state index in [1.54, 1.807) is 6.20 Å². The van der Waals surface area contributed by atoms with E-state index in [2.05, 4.69) is 26.2 Å². The Bertz CT molecular complexity index is 714. The number of aromatic nitrogens is 1. The van der Waals surface area contributed by atoms with Crippen molar-refractivity contribution in [2.75, 3.05) is 13.2 Å². The number of carboxylic acids is 1. The highest BCUT2D eigenvalue weighted by atomic mass is 79.9. The maximum Gasteiger partial charge on any atom is 0.326 e. The molecule has 2 rings (SSSR count). The number of aliphatic carboxylic acids is 1. The van der Waals surface area contributed by atoms with E-state index in [0.29, 0.717) is 19.6 Å². The van der Waals surface area contributed by atoms with Gasteiger partial charge < -0.3 is 20.1 Å². The number of ether oxygens (including phenoxy) is 1. The minimum atomic E-state index is -1.05. The molecule has 24 heavy (non-hydrogen) atoms. The van der Waals surface area contributed by atoms with Gasteiger partial charge in [-0.15, -0.1) is 0 Å². The Kier molecular flexibility index (Phi) is 6.81. The highest BCUT2D eigenvalue weighted by Crippen LogP contribution is 2.27. The van der Waals surface area contributed by atoms with E-state index in [1.165, 1.54) is 0 Å². The molecule has 0 aliphatic rings. The lowest BCUT2D eigenvalue weighted by molar-refractivity contribution is -0.141. The summed E-state index contributed by atoms with van der Waals surface area (Å²) in [6, 6.07) is 4.77. The summed E-state index contributed by atoms with van der Waals surface area (Å²) in [5, 5.41) is 12.9. The minimum Gasteiger partial charge on any atom is -0.480 e. The first-order valence-electron chi connectivity index (χ1n) is 7.87. The van der Waals surface area contributed by atoms with Gasteiger partial charge in [-0.05, 0) is 31.0 Å². The number of fused-ring (bicyclic) bond motifs is 1. The summed E-state index contributed by atoms with van der Waals surface area (Å²) in [5.41, 5.74) is 1.77. The van der Waals surface area contributed by atoms with E-state index < -0.39 is 12.0 Å². The summed E-state index contributed by atoms with van der Waals surface area (Å²) in [7, 11) is 0. The fourth-order valence-corrected chi connectivity index (χ4v) is 3.16. The molecule has 7 heteroatoms. The van der Waals surface area contributed by atoms with Gasteiger partial charge in [-0.3, -0.25) is 4.79 Å². The number of carboxylic acid groups (broad SMARTS) is 1. The van der Waals surface area contributed by atoms with Crippen molar-refractivity contribution in [2.45, 2.75) is 32.2 Å². The number of hydrogen-bond acceptors (Lipinski definition) is 3. The lowest BCUT2D eigenvalue weighted by Crippen LogP contribution is -2.42. The second-order valence-corrected chi connectivity index (χ2v) is 6.29. The van der Waals surface area contributed by atoms with Crippen molar-refractivity contribution in [3.8, 4) is 0 Å². The van der Waals surface area contributed by atoms with Gasteiger partial charge in [0.2, 0.25) is 5.91 Å². The van der Waals surface area contributed by atoms with Crippen LogP contribution in [0.1, 0.15) is 25.3 Å². The molecule has 1 amide bonds. The molecule has 0 spiro atoms. The van der Waals surface area contributed by atoms with Crippen molar-refractivity contribution in [2.24, 2.45) is 0 Å². The maximum atomic E-state index is 11.9. The molecule has 0 radical (unpaired) electrons. The van der Waals surface area contributed by atoms with E-state index in [4.69, 9.17) is 4.74 Å². The largest absolute Gasteiger partial charge is 0.480 e. The van der Waals surface area contributed by atoms with Crippen molar-refractivity contribution in [3.05, 3.63) is 34.4 Å². The first-order chi connectivity index (χ1) is 11.5. The van der Waals surface area contributed by atoms with Gasteiger partial charge >= 0.3 is 5.97 Å². The number of nitrogens with one attached hydrogen (secondary N) is 2. The molecule has 0 saturated carbocycles. The molecule has 2 aromatic rings. The molecule has 1 aromatic heterocycles. The summed E-state index contributed by atoms with van der Waals surface area (Å²) < 4.78 is 6.07. The number of H-pyrrole nitrogens is 1. The first kappa shape index (κ1) is 18.5. The van der Waals surface area contributed by atoms with Crippen LogP contribution in [0.4, 0.5) is 0 Å².